The Labute approximate surface area is 147 Å². The summed E-state index contributed by atoms with van der Waals surface area (Å²) in [7, 11) is 1.47. The number of ether oxygens (including phenoxy) is 1. The van der Waals surface area contributed by atoms with E-state index in [2.05, 4.69) is 28.0 Å². The third-order valence-corrected chi connectivity index (χ3v) is 3.75. The fraction of sp³-hybridized carbons (Fsp3) is 0.263. The van der Waals surface area contributed by atoms with Crippen molar-refractivity contribution in [3.05, 3.63) is 52.6 Å². The molecule has 2 aromatic carbocycles. The van der Waals surface area contributed by atoms with Crippen LogP contribution in [0.4, 0.5) is 5.69 Å². The summed E-state index contributed by atoms with van der Waals surface area (Å²) < 4.78 is 5.02. The average molecular weight is 341 g/mol. The molecule has 3 N–H and O–H groups in total. The molecule has 25 heavy (non-hydrogen) atoms. The zero-order valence-corrected chi connectivity index (χ0v) is 14.9. The van der Waals surface area contributed by atoms with E-state index in [1.165, 1.54) is 18.9 Å². The SMILES string of the molecule is COc1cccc(/C=N/NC(=O)CNc2c(C)cc(C)cc2C)c1O. The molecule has 0 atom stereocenters. The van der Waals surface area contributed by atoms with Crippen molar-refractivity contribution >= 4 is 17.8 Å². The van der Waals surface area contributed by atoms with Crippen molar-refractivity contribution in [1.82, 2.24) is 5.43 Å². The van der Waals surface area contributed by atoms with Crippen LogP contribution in [0.25, 0.3) is 0 Å². The van der Waals surface area contributed by atoms with Crippen LogP contribution in [0.3, 0.4) is 0 Å². The van der Waals surface area contributed by atoms with E-state index < -0.39 is 0 Å². The van der Waals surface area contributed by atoms with E-state index in [1.54, 1.807) is 18.2 Å². The van der Waals surface area contributed by atoms with Crippen molar-refractivity contribution in [2.75, 3.05) is 19.0 Å². The maximum absolute atomic E-state index is 11.9. The standard InChI is InChI=1S/C19H23N3O3/c1-12-8-13(2)18(14(3)9-12)20-11-17(23)22-21-10-15-6-5-7-16(25-4)19(15)24/h5-10,20,24H,11H2,1-4H3,(H,22,23)/b21-10+. The molecule has 0 spiro atoms. The first kappa shape index (κ1) is 18.3. The summed E-state index contributed by atoms with van der Waals surface area (Å²) in [5.41, 5.74) is 7.22. The highest BCUT2D eigenvalue weighted by Crippen LogP contribution is 2.27. The van der Waals surface area contributed by atoms with Crippen LogP contribution in [0.2, 0.25) is 0 Å². The normalized spacial score (nSPS) is 10.7. The number of amides is 1. The van der Waals surface area contributed by atoms with E-state index in [4.69, 9.17) is 4.74 Å². The number of phenolic OH excluding ortho intramolecular Hbond substituents is 1. The zero-order valence-electron chi connectivity index (χ0n) is 14.9. The summed E-state index contributed by atoms with van der Waals surface area (Å²) in [6.45, 7) is 6.15. The van der Waals surface area contributed by atoms with Crippen LogP contribution in [-0.2, 0) is 4.79 Å². The van der Waals surface area contributed by atoms with Crippen LogP contribution in [0.5, 0.6) is 11.5 Å². The van der Waals surface area contributed by atoms with Crippen LogP contribution < -0.4 is 15.5 Å². The number of anilines is 1. The van der Waals surface area contributed by atoms with Crippen molar-refractivity contribution in [3.8, 4) is 11.5 Å². The number of carbonyl (C=O) groups is 1. The van der Waals surface area contributed by atoms with Crippen LogP contribution in [-0.4, -0.2) is 30.9 Å². The zero-order chi connectivity index (χ0) is 18.4. The van der Waals surface area contributed by atoms with Crippen molar-refractivity contribution in [3.63, 3.8) is 0 Å². The fourth-order valence-corrected chi connectivity index (χ4v) is 2.65. The van der Waals surface area contributed by atoms with Gasteiger partial charge in [0.15, 0.2) is 11.5 Å². The molecule has 0 aromatic heterocycles. The van der Waals surface area contributed by atoms with Crippen molar-refractivity contribution in [2.45, 2.75) is 20.8 Å². The minimum atomic E-state index is -0.280. The summed E-state index contributed by atoms with van der Waals surface area (Å²) in [5, 5.41) is 16.9. The van der Waals surface area contributed by atoms with E-state index in [0.29, 0.717) is 11.3 Å². The first-order valence-corrected chi connectivity index (χ1v) is 7.92. The highest BCUT2D eigenvalue weighted by molar-refractivity contribution is 5.87. The van der Waals surface area contributed by atoms with Gasteiger partial charge >= 0.3 is 0 Å². The van der Waals surface area contributed by atoms with E-state index in [9.17, 15) is 9.90 Å². The summed E-state index contributed by atoms with van der Waals surface area (Å²) in [4.78, 5) is 11.9. The van der Waals surface area contributed by atoms with Gasteiger partial charge in [0.1, 0.15) is 0 Å². The Bertz CT molecular complexity index is 777. The van der Waals surface area contributed by atoms with Crippen LogP contribution >= 0.6 is 0 Å². The maximum Gasteiger partial charge on any atom is 0.259 e. The number of rotatable bonds is 6. The van der Waals surface area contributed by atoms with E-state index >= 15 is 0 Å². The largest absolute Gasteiger partial charge is 0.504 e. The second kappa shape index (κ2) is 8.19. The Morgan fingerprint density at radius 3 is 2.56 bits per heavy atom. The van der Waals surface area contributed by atoms with Crippen molar-refractivity contribution in [1.29, 1.82) is 0 Å². The molecule has 132 valence electrons. The Morgan fingerprint density at radius 1 is 1.24 bits per heavy atom. The highest BCUT2D eigenvalue weighted by Gasteiger charge is 2.07. The molecule has 6 heteroatoms. The number of nitrogens with one attached hydrogen (secondary N) is 2. The fourth-order valence-electron chi connectivity index (χ4n) is 2.65. The number of phenols is 1. The van der Waals surface area contributed by atoms with Gasteiger partial charge in [-0.2, -0.15) is 5.10 Å². The Balaban J connectivity index is 1.93. The Hall–Kier alpha value is -3.02. The molecule has 1 amide bonds. The van der Waals surface area contributed by atoms with E-state index in [0.717, 1.165) is 16.8 Å². The lowest BCUT2D eigenvalue weighted by Crippen LogP contribution is -2.26. The van der Waals surface area contributed by atoms with Gasteiger partial charge in [-0.05, 0) is 44.0 Å². The number of hydrogen-bond donors (Lipinski definition) is 3. The van der Waals surface area contributed by atoms with Crippen molar-refractivity contribution in [2.24, 2.45) is 5.10 Å². The molecule has 0 aliphatic heterocycles. The second-order valence-electron chi connectivity index (χ2n) is 5.82. The number of hydrogen-bond acceptors (Lipinski definition) is 5. The number of nitrogens with zero attached hydrogens (tertiary/aromatic N) is 1. The Kier molecular flexibility index (Phi) is 6.00. The monoisotopic (exact) mass is 341 g/mol. The van der Waals surface area contributed by atoms with E-state index in [-0.39, 0.29) is 18.2 Å². The van der Waals surface area contributed by atoms with Gasteiger partial charge in [0.05, 0.1) is 19.9 Å². The van der Waals surface area contributed by atoms with Gasteiger partial charge < -0.3 is 15.2 Å². The van der Waals surface area contributed by atoms with Gasteiger partial charge in [-0.15, -0.1) is 0 Å². The number of methoxy groups -OCH3 is 1. The minimum absolute atomic E-state index is 0.0213. The number of hydrazone groups is 1. The maximum atomic E-state index is 11.9. The molecular weight excluding hydrogens is 318 g/mol. The van der Waals surface area contributed by atoms with Crippen molar-refractivity contribution < 1.29 is 14.6 Å². The molecule has 0 bridgehead atoms. The third kappa shape index (κ3) is 4.73. The predicted octanol–water partition coefficient (Wildman–Crippen LogP) is 2.89. The van der Waals surface area contributed by atoms with Gasteiger partial charge in [-0.25, -0.2) is 5.43 Å². The van der Waals surface area contributed by atoms with Gasteiger partial charge in [0, 0.05) is 11.3 Å². The molecule has 0 saturated carbocycles. The third-order valence-electron chi connectivity index (χ3n) is 3.75. The number of benzene rings is 2. The Morgan fingerprint density at radius 2 is 1.92 bits per heavy atom. The quantitative estimate of drug-likeness (QED) is 0.557. The number of carbonyl (C=O) groups excluding carboxylic acids is 1. The molecule has 0 aliphatic rings. The molecule has 0 heterocycles. The number of aryl methyl sites for hydroxylation is 3. The average Bonchev–Trinajstić information content (AvgIpc) is 2.55. The summed E-state index contributed by atoms with van der Waals surface area (Å²) >= 11 is 0. The molecule has 0 aliphatic carbocycles. The van der Waals surface area contributed by atoms with Crippen LogP contribution in [0.15, 0.2) is 35.4 Å². The molecule has 2 aromatic rings. The molecule has 6 nitrogen and oxygen atoms in total. The number of aromatic hydroxyl groups is 1. The summed E-state index contributed by atoms with van der Waals surface area (Å²) in [6.07, 6.45) is 1.37. The summed E-state index contributed by atoms with van der Waals surface area (Å²) in [5.74, 6) is 0.0484. The molecule has 2 rings (SSSR count). The van der Waals surface area contributed by atoms with Gasteiger partial charge in [0.2, 0.25) is 0 Å². The first-order valence-electron chi connectivity index (χ1n) is 7.92. The lowest BCUT2D eigenvalue weighted by molar-refractivity contribution is -0.119. The predicted molar refractivity (Wildman–Crippen MR) is 99.5 cm³/mol. The molecule has 0 saturated heterocycles. The van der Waals surface area contributed by atoms with Crippen LogP contribution in [0.1, 0.15) is 22.3 Å². The van der Waals surface area contributed by atoms with E-state index in [1.807, 2.05) is 20.8 Å². The topological polar surface area (TPSA) is 83.0 Å². The molecular formula is C19H23N3O3. The second-order valence-corrected chi connectivity index (χ2v) is 5.82. The smallest absolute Gasteiger partial charge is 0.259 e. The minimum Gasteiger partial charge on any atom is -0.504 e. The molecule has 0 radical (unpaired) electrons. The highest BCUT2D eigenvalue weighted by atomic mass is 16.5. The van der Waals surface area contributed by atoms with Crippen LogP contribution in [0, 0.1) is 20.8 Å². The summed E-state index contributed by atoms with van der Waals surface area (Å²) in [6, 6.07) is 9.17. The number of para-hydroxylation sites is 1. The first-order chi connectivity index (χ1) is 11.9. The molecule has 0 unspecified atom stereocenters. The molecule has 0 fully saturated rings. The van der Waals surface area contributed by atoms with Gasteiger partial charge in [0.25, 0.3) is 5.91 Å². The van der Waals surface area contributed by atoms with Gasteiger partial charge in [-0.3, -0.25) is 4.79 Å². The lowest BCUT2D eigenvalue weighted by Gasteiger charge is -2.13. The van der Waals surface area contributed by atoms with Gasteiger partial charge in [-0.1, -0.05) is 23.8 Å². The lowest BCUT2D eigenvalue weighted by atomic mass is 10.1.